The lowest BCUT2D eigenvalue weighted by Gasteiger charge is -1.83. The summed E-state index contributed by atoms with van der Waals surface area (Å²) in [5, 5.41) is 12.7. The molecule has 11 nitrogen and oxygen atoms in total. The van der Waals surface area contributed by atoms with Gasteiger partial charge in [0.25, 0.3) is 0 Å². The molecular formula is C42H34N10OS. The number of para-hydroxylation sites is 8. The van der Waals surface area contributed by atoms with Gasteiger partial charge in [-0.3, -0.25) is 0 Å². The van der Waals surface area contributed by atoms with E-state index in [0.29, 0.717) is 0 Å². The Morgan fingerprint density at radius 2 is 1.11 bits per heavy atom. The predicted molar refractivity (Wildman–Crippen MR) is 218 cm³/mol. The van der Waals surface area contributed by atoms with Crippen LogP contribution < -0.4 is 0 Å². The Labute approximate surface area is 312 Å². The number of H-pyrrole nitrogens is 4. The zero-order valence-electron chi connectivity index (χ0n) is 28.8. The monoisotopic (exact) mass is 726 g/mol. The molecule has 0 radical (unpaired) electrons. The fourth-order valence-electron chi connectivity index (χ4n) is 5.15. The number of rotatable bonds is 0. The van der Waals surface area contributed by atoms with Gasteiger partial charge < -0.3 is 19.4 Å². The first kappa shape index (κ1) is 35.0. The Hall–Kier alpha value is -7.44. The second-order valence-electron chi connectivity index (χ2n) is 11.4. The molecule has 54 heavy (non-hydrogen) atoms. The molecule has 0 unspecified atom stereocenters. The van der Waals surface area contributed by atoms with E-state index in [1.54, 1.807) is 23.9 Å². The van der Waals surface area contributed by atoms with Crippen LogP contribution in [0, 0.1) is 0 Å². The van der Waals surface area contributed by atoms with Gasteiger partial charge in [-0.05, 0) is 84.2 Å². The van der Waals surface area contributed by atoms with Crippen LogP contribution in [0.2, 0.25) is 0 Å². The molecule has 0 aliphatic rings. The minimum atomic E-state index is 0.845. The van der Waals surface area contributed by atoms with Crippen LogP contribution in [0.5, 0.6) is 0 Å². The van der Waals surface area contributed by atoms with Gasteiger partial charge >= 0.3 is 0 Å². The number of benzene rings is 5. The van der Waals surface area contributed by atoms with Crippen molar-refractivity contribution in [2.45, 2.75) is 0 Å². The largest absolute Gasteiger partial charge is 0.443 e. The van der Waals surface area contributed by atoms with E-state index in [-0.39, 0.29) is 0 Å². The van der Waals surface area contributed by atoms with Crippen molar-refractivity contribution in [3.05, 3.63) is 182 Å². The lowest BCUT2D eigenvalue weighted by molar-refractivity contribution is 0.602. The Kier molecular flexibility index (Phi) is 11.8. The van der Waals surface area contributed by atoms with E-state index in [9.17, 15) is 0 Å². The molecule has 0 aliphatic heterocycles. The minimum absolute atomic E-state index is 0.845. The minimum Gasteiger partial charge on any atom is -0.443 e. The summed E-state index contributed by atoms with van der Waals surface area (Å²) in [4.78, 5) is 25.4. The van der Waals surface area contributed by atoms with Gasteiger partial charge in [0.15, 0.2) is 12.0 Å². The van der Waals surface area contributed by atoms with Crippen LogP contribution in [-0.4, -0.2) is 50.3 Å². The quantitative estimate of drug-likeness (QED) is 0.121. The number of aromatic amines is 4. The zero-order valence-corrected chi connectivity index (χ0v) is 29.6. The molecule has 12 heteroatoms. The van der Waals surface area contributed by atoms with Crippen molar-refractivity contribution in [2.75, 3.05) is 0 Å². The van der Waals surface area contributed by atoms with Crippen LogP contribution in [0.3, 0.4) is 0 Å². The Balaban J connectivity index is 0.0000001000. The first-order chi connectivity index (χ1) is 26.8. The van der Waals surface area contributed by atoms with Gasteiger partial charge in [0.2, 0.25) is 0 Å². The van der Waals surface area contributed by atoms with Gasteiger partial charge in [0.1, 0.15) is 22.2 Å². The van der Waals surface area contributed by atoms with Gasteiger partial charge in [-0.25, -0.2) is 19.9 Å². The average molecular weight is 727 g/mol. The average Bonchev–Trinajstić information content (AvgIpc) is 4.09. The molecule has 0 bridgehead atoms. The van der Waals surface area contributed by atoms with Gasteiger partial charge in [-0.2, -0.15) is 15.4 Å². The molecule has 0 amide bonds. The number of pyridine rings is 1. The molecule has 12 aromatic rings. The molecule has 0 saturated carbocycles. The molecule has 7 aromatic heterocycles. The van der Waals surface area contributed by atoms with E-state index in [2.05, 4.69) is 74.6 Å². The molecule has 7 heterocycles. The standard InChI is InChI=1S/C8H7N.2C7H6N2.C7H5NO.C7H5NS.C6H5N3/c1-2-4-8-7(3-1)5-6-9-8;1-2-6-3-5-9-7(6)8-4-1;3*1-2-4-7-6(3-1)8-5-9-7;1-2-4-6-5(3-1)7-9-8-6/h1-6,9H;2*1-5H,(H,8,9);2*1-5H;1-4H,(H,7,8,9). The van der Waals surface area contributed by atoms with Crippen molar-refractivity contribution < 1.29 is 4.42 Å². The van der Waals surface area contributed by atoms with Crippen molar-refractivity contribution in [1.82, 2.24) is 50.3 Å². The predicted octanol–water partition coefficient (Wildman–Crippen LogP) is 10.4. The van der Waals surface area contributed by atoms with Crippen LogP contribution >= 0.6 is 11.3 Å². The molecule has 0 aliphatic carbocycles. The summed E-state index contributed by atoms with van der Waals surface area (Å²) in [5.41, 5.74) is 10.8. The third kappa shape index (κ3) is 9.46. The number of hydrogen-bond acceptors (Lipinski definition) is 8. The van der Waals surface area contributed by atoms with Gasteiger partial charge in [-0.15, -0.1) is 11.3 Å². The number of aromatic nitrogens is 10. The summed E-state index contributed by atoms with van der Waals surface area (Å²) >= 11 is 1.68. The van der Waals surface area contributed by atoms with Crippen molar-refractivity contribution >= 4 is 76.7 Å². The van der Waals surface area contributed by atoms with Crippen LogP contribution in [0.4, 0.5) is 0 Å². The highest BCUT2D eigenvalue weighted by Gasteiger charge is 1.93. The van der Waals surface area contributed by atoms with Crippen molar-refractivity contribution in [3.8, 4) is 0 Å². The van der Waals surface area contributed by atoms with Crippen LogP contribution in [0.25, 0.3) is 65.3 Å². The third-order valence-corrected chi connectivity index (χ3v) is 8.62. The number of imidazole rings is 1. The fourth-order valence-corrected chi connectivity index (χ4v) is 5.83. The Bertz CT molecular complexity index is 2210. The molecule has 4 N–H and O–H groups in total. The highest BCUT2D eigenvalue weighted by molar-refractivity contribution is 7.16. The molecule has 0 atom stereocenters. The summed E-state index contributed by atoms with van der Waals surface area (Å²) in [5.74, 6) is 0. The van der Waals surface area contributed by atoms with Crippen LogP contribution in [-0.2, 0) is 0 Å². The number of fused-ring (bicyclic) bond motifs is 6. The number of hydrogen-bond donors (Lipinski definition) is 4. The highest BCUT2D eigenvalue weighted by atomic mass is 32.1. The van der Waals surface area contributed by atoms with Crippen molar-refractivity contribution in [1.29, 1.82) is 0 Å². The van der Waals surface area contributed by atoms with E-state index in [1.807, 2.05) is 139 Å². The lowest BCUT2D eigenvalue weighted by atomic mass is 10.3. The molecule has 5 aromatic carbocycles. The molecule has 0 fully saturated rings. The van der Waals surface area contributed by atoms with Crippen molar-refractivity contribution in [2.24, 2.45) is 0 Å². The smallest absolute Gasteiger partial charge is 0.181 e. The molecule has 12 rings (SSSR count). The third-order valence-electron chi connectivity index (χ3n) is 7.81. The maximum Gasteiger partial charge on any atom is 0.181 e. The SMILES string of the molecule is c1ccc2[nH]ccc2c1.c1ccc2[nH]cnc2c1.c1ccc2n[nH]nc2c1.c1ccc2ocnc2c1.c1ccc2scnc2c1.c1cnc2[nH]ccc2c1. The fraction of sp³-hybridized carbons (Fsp3) is 0. The number of thiazole rings is 1. The normalized spacial score (nSPS) is 10.2. The Morgan fingerprint density at radius 3 is 1.87 bits per heavy atom. The number of nitrogens with one attached hydrogen (secondary N) is 4. The van der Waals surface area contributed by atoms with Gasteiger partial charge in [0, 0.05) is 29.5 Å². The van der Waals surface area contributed by atoms with Gasteiger partial charge in [-0.1, -0.05) is 66.7 Å². The van der Waals surface area contributed by atoms with E-state index in [4.69, 9.17) is 4.42 Å². The van der Waals surface area contributed by atoms with Crippen LogP contribution in [0.15, 0.2) is 187 Å². The van der Waals surface area contributed by atoms with Crippen LogP contribution in [0.1, 0.15) is 0 Å². The number of oxazole rings is 1. The lowest BCUT2D eigenvalue weighted by Crippen LogP contribution is -1.70. The highest BCUT2D eigenvalue weighted by Crippen LogP contribution is 2.15. The first-order valence-corrected chi connectivity index (χ1v) is 17.8. The van der Waals surface area contributed by atoms with E-state index >= 15 is 0 Å². The molecule has 0 spiro atoms. The van der Waals surface area contributed by atoms with E-state index in [0.717, 1.165) is 49.7 Å². The second kappa shape index (κ2) is 18.2. The molecule has 264 valence electrons. The van der Waals surface area contributed by atoms with Crippen molar-refractivity contribution in [3.63, 3.8) is 0 Å². The zero-order chi connectivity index (χ0) is 36.6. The maximum absolute atomic E-state index is 5.01. The molecule has 0 saturated heterocycles. The number of nitrogens with zero attached hydrogens (tertiary/aromatic N) is 6. The first-order valence-electron chi connectivity index (χ1n) is 16.9. The molecular weight excluding hydrogens is 693 g/mol. The maximum atomic E-state index is 5.01. The van der Waals surface area contributed by atoms with E-state index < -0.39 is 0 Å². The topological polar surface area (TPSA) is 154 Å². The van der Waals surface area contributed by atoms with Gasteiger partial charge in [0.05, 0.1) is 33.1 Å². The summed E-state index contributed by atoms with van der Waals surface area (Å²) in [7, 11) is 0. The summed E-state index contributed by atoms with van der Waals surface area (Å²) < 4.78 is 6.27. The summed E-state index contributed by atoms with van der Waals surface area (Å²) in [6, 6.07) is 47.7. The summed E-state index contributed by atoms with van der Waals surface area (Å²) in [6.07, 6.45) is 8.76. The second-order valence-corrected chi connectivity index (χ2v) is 12.2. The summed E-state index contributed by atoms with van der Waals surface area (Å²) in [6.45, 7) is 0. The Morgan fingerprint density at radius 1 is 0.463 bits per heavy atom. The van der Waals surface area contributed by atoms with E-state index in [1.165, 1.54) is 22.0 Å².